The van der Waals surface area contributed by atoms with Gasteiger partial charge in [0.05, 0.1) is 6.61 Å². The summed E-state index contributed by atoms with van der Waals surface area (Å²) >= 11 is 0. The zero-order chi connectivity index (χ0) is 11.6. The maximum Gasteiger partial charge on any atom is 0.108 e. The summed E-state index contributed by atoms with van der Waals surface area (Å²) in [6.45, 7) is 8.85. The molecule has 1 heteroatoms. The molecule has 0 aliphatic heterocycles. The van der Waals surface area contributed by atoms with Crippen molar-refractivity contribution in [1.82, 2.24) is 0 Å². The lowest BCUT2D eigenvalue weighted by Gasteiger charge is -2.23. The minimum Gasteiger partial charge on any atom is -0.365 e. The summed E-state index contributed by atoms with van der Waals surface area (Å²) in [5, 5.41) is 0. The molecule has 0 bridgehead atoms. The maximum atomic E-state index is 5.19. The molecule has 0 saturated heterocycles. The molecule has 0 aromatic carbocycles. The van der Waals surface area contributed by atoms with Crippen molar-refractivity contribution in [3.63, 3.8) is 0 Å². The second-order valence-corrected chi connectivity index (χ2v) is 4.30. The van der Waals surface area contributed by atoms with Gasteiger partial charge < -0.3 is 4.74 Å². The lowest BCUT2D eigenvalue weighted by Crippen LogP contribution is -2.08. The van der Waals surface area contributed by atoms with Crippen LogP contribution in [0.3, 0.4) is 0 Å². The van der Waals surface area contributed by atoms with Gasteiger partial charge in [-0.15, -0.1) is 12.5 Å². The Balaban J connectivity index is 2.09. The first-order valence-corrected chi connectivity index (χ1v) is 6.16. The highest BCUT2D eigenvalue weighted by Gasteiger charge is 2.15. The summed E-state index contributed by atoms with van der Waals surface area (Å²) < 4.78 is 5.19. The normalized spacial score (nSPS) is 20.0. The first kappa shape index (κ1) is 13.1. The number of rotatable bonds is 5. The first-order chi connectivity index (χ1) is 7.84. The van der Waals surface area contributed by atoms with Gasteiger partial charge in [-0.1, -0.05) is 30.6 Å². The topological polar surface area (TPSA) is 9.23 Å². The van der Waals surface area contributed by atoms with Crippen LogP contribution < -0.4 is 0 Å². The maximum absolute atomic E-state index is 5.19. The van der Waals surface area contributed by atoms with Gasteiger partial charge in [0.1, 0.15) is 6.61 Å². The minimum atomic E-state index is 0.525. The van der Waals surface area contributed by atoms with Gasteiger partial charge in [0, 0.05) is 6.42 Å². The van der Waals surface area contributed by atoms with Crippen LogP contribution in [-0.2, 0) is 4.74 Å². The molecule has 88 valence electrons. The van der Waals surface area contributed by atoms with E-state index >= 15 is 0 Å². The molecule has 16 heavy (non-hydrogen) atoms. The van der Waals surface area contributed by atoms with Crippen LogP contribution in [0.4, 0.5) is 0 Å². The first-order valence-electron chi connectivity index (χ1n) is 6.16. The summed E-state index contributed by atoms with van der Waals surface area (Å²) in [6, 6.07) is 0. The fraction of sp³-hybridized carbons (Fsp3) is 0.600. The predicted molar refractivity (Wildman–Crippen MR) is 69.1 cm³/mol. The van der Waals surface area contributed by atoms with Gasteiger partial charge in [0.2, 0.25) is 0 Å². The Kier molecular flexibility index (Phi) is 6.69. The molecule has 1 atom stereocenters. The van der Waals surface area contributed by atoms with Crippen LogP contribution in [-0.4, -0.2) is 13.2 Å². The molecule has 1 fully saturated rings. The van der Waals surface area contributed by atoms with E-state index in [1.807, 2.05) is 0 Å². The Morgan fingerprint density at radius 3 is 3.00 bits per heavy atom. The molecular weight excluding hydrogens is 196 g/mol. The fourth-order valence-electron chi connectivity index (χ4n) is 2.08. The van der Waals surface area contributed by atoms with Crippen LogP contribution in [0.5, 0.6) is 0 Å². The third-order valence-corrected chi connectivity index (χ3v) is 3.03. The Bertz CT molecular complexity index is 280. The van der Waals surface area contributed by atoms with Crippen molar-refractivity contribution >= 4 is 0 Å². The predicted octanol–water partition coefficient (Wildman–Crippen LogP) is 3.72. The molecule has 1 nitrogen and oxygen atoms in total. The molecule has 1 aliphatic rings. The zero-order valence-corrected chi connectivity index (χ0v) is 10.1. The monoisotopic (exact) mass is 218 g/mol. The van der Waals surface area contributed by atoms with Crippen molar-refractivity contribution in [2.45, 2.75) is 38.5 Å². The van der Waals surface area contributed by atoms with Gasteiger partial charge in [-0.05, 0) is 31.6 Å². The number of ether oxygens (including phenoxy) is 1. The third kappa shape index (κ3) is 5.19. The fourth-order valence-corrected chi connectivity index (χ4v) is 2.08. The Labute approximate surface area is 99.6 Å². The number of hydrogen-bond acceptors (Lipinski definition) is 1. The molecule has 1 rings (SSSR count). The highest BCUT2D eigenvalue weighted by atomic mass is 16.5. The lowest BCUT2D eigenvalue weighted by molar-refractivity contribution is 0.199. The van der Waals surface area contributed by atoms with Gasteiger partial charge in [0.25, 0.3) is 0 Å². The lowest BCUT2D eigenvalue weighted by atomic mass is 9.82. The molecule has 1 saturated carbocycles. The van der Waals surface area contributed by atoms with Crippen LogP contribution in [0.15, 0.2) is 24.8 Å². The van der Waals surface area contributed by atoms with Crippen LogP contribution in [0.2, 0.25) is 0 Å². The quantitative estimate of drug-likeness (QED) is 0.388. The van der Waals surface area contributed by atoms with Crippen molar-refractivity contribution in [1.29, 1.82) is 0 Å². The Hall–Kier alpha value is -1.00. The van der Waals surface area contributed by atoms with E-state index in [1.54, 1.807) is 6.08 Å². The summed E-state index contributed by atoms with van der Waals surface area (Å²) in [7, 11) is 0. The summed E-state index contributed by atoms with van der Waals surface area (Å²) in [5.41, 5.74) is 1.44. The molecule has 0 radical (unpaired) electrons. The van der Waals surface area contributed by atoms with Crippen LogP contribution in [0.25, 0.3) is 0 Å². The molecule has 1 aliphatic carbocycles. The summed E-state index contributed by atoms with van der Waals surface area (Å²) in [4.78, 5) is 0. The minimum absolute atomic E-state index is 0.525. The molecule has 0 heterocycles. The van der Waals surface area contributed by atoms with Crippen molar-refractivity contribution in [3.05, 3.63) is 24.8 Å². The molecule has 0 aromatic heterocycles. The van der Waals surface area contributed by atoms with Crippen molar-refractivity contribution < 1.29 is 4.74 Å². The molecular formula is C15H22O. The molecule has 0 amide bonds. The molecule has 0 unspecified atom stereocenters. The summed E-state index contributed by atoms with van der Waals surface area (Å²) in [6.07, 6.45) is 9.12. The van der Waals surface area contributed by atoms with E-state index in [4.69, 9.17) is 4.74 Å². The Morgan fingerprint density at radius 1 is 1.38 bits per heavy atom. The standard InChI is InChI=1S/C15H22O/c1-3-12-16-13-8-4-5-10-15-11-7-6-9-14(15)2/h3,15H,1-2,5-7,9-13H2/t15-/m0/s1. The number of hydrogen-bond donors (Lipinski definition) is 0. The van der Waals surface area contributed by atoms with E-state index in [-0.39, 0.29) is 0 Å². The van der Waals surface area contributed by atoms with Gasteiger partial charge in [-0.3, -0.25) is 0 Å². The second-order valence-electron chi connectivity index (χ2n) is 4.30. The largest absolute Gasteiger partial charge is 0.365 e. The molecule has 0 spiro atoms. The van der Waals surface area contributed by atoms with E-state index in [0.29, 0.717) is 13.2 Å². The van der Waals surface area contributed by atoms with Gasteiger partial charge >= 0.3 is 0 Å². The van der Waals surface area contributed by atoms with E-state index in [9.17, 15) is 0 Å². The smallest absolute Gasteiger partial charge is 0.108 e. The average Bonchev–Trinajstić information content (AvgIpc) is 2.30. The van der Waals surface area contributed by atoms with E-state index in [2.05, 4.69) is 25.0 Å². The highest BCUT2D eigenvalue weighted by Crippen LogP contribution is 2.30. The van der Waals surface area contributed by atoms with Crippen LogP contribution in [0, 0.1) is 17.8 Å². The van der Waals surface area contributed by atoms with Gasteiger partial charge in [-0.25, -0.2) is 0 Å². The van der Waals surface area contributed by atoms with E-state index < -0.39 is 0 Å². The molecule has 0 N–H and O–H groups in total. The van der Waals surface area contributed by atoms with Gasteiger partial charge in [0.15, 0.2) is 0 Å². The van der Waals surface area contributed by atoms with Gasteiger partial charge in [-0.2, -0.15) is 0 Å². The van der Waals surface area contributed by atoms with Crippen molar-refractivity contribution in [2.24, 2.45) is 5.92 Å². The van der Waals surface area contributed by atoms with Crippen LogP contribution >= 0.6 is 0 Å². The SMILES string of the molecule is C=CCOCC#CCC[C@H]1CCCCC1=C. The van der Waals surface area contributed by atoms with Crippen LogP contribution in [0.1, 0.15) is 38.5 Å². The van der Waals surface area contributed by atoms with Crippen molar-refractivity contribution in [2.75, 3.05) is 13.2 Å². The molecule has 0 aromatic rings. The summed E-state index contributed by atoms with van der Waals surface area (Å²) in [5.74, 6) is 6.91. The second kappa shape index (κ2) is 8.19. The highest BCUT2D eigenvalue weighted by molar-refractivity contribution is 5.06. The third-order valence-electron chi connectivity index (χ3n) is 3.03. The average molecular weight is 218 g/mol. The number of allylic oxidation sites excluding steroid dienone is 1. The van der Waals surface area contributed by atoms with E-state index in [1.165, 1.54) is 37.7 Å². The zero-order valence-electron chi connectivity index (χ0n) is 10.1. The Morgan fingerprint density at radius 2 is 2.25 bits per heavy atom. The van der Waals surface area contributed by atoms with Crippen molar-refractivity contribution in [3.8, 4) is 11.8 Å². The van der Waals surface area contributed by atoms with E-state index in [0.717, 1.165) is 12.3 Å².